The van der Waals surface area contributed by atoms with E-state index in [-0.39, 0.29) is 0 Å². The molecule has 0 aromatic rings. The number of hydrogen-bond donors (Lipinski definition) is 0. The van der Waals surface area contributed by atoms with E-state index >= 15 is 0 Å². The molecule has 20 bridgehead atoms. The highest BCUT2D eigenvalue weighted by Gasteiger charge is 2.54. The molecule has 0 aromatic heterocycles. The molecule has 0 heterocycles. The third-order valence-corrected chi connectivity index (χ3v) is 45.1. The summed E-state index contributed by atoms with van der Waals surface area (Å²) in [6.07, 6.45) is 90.7. The second kappa shape index (κ2) is 55.3. The molecule has 21 rings (SSSR count). The monoisotopic (exact) mass is 1830 g/mol. The van der Waals surface area contributed by atoms with Crippen molar-refractivity contribution in [3.05, 3.63) is 0 Å². The molecular formula is C132H244. The lowest BCUT2D eigenvalue weighted by molar-refractivity contribution is -0.107. The molecule has 0 amide bonds. The Hall–Kier alpha value is 0. The molecule has 0 heteroatoms. The van der Waals surface area contributed by atoms with Crippen LogP contribution >= 0.6 is 0 Å². The maximum Gasteiger partial charge on any atom is -0.0295 e. The zero-order valence-electron chi connectivity index (χ0n) is 95.2. The van der Waals surface area contributed by atoms with Gasteiger partial charge in [-0.15, -0.1) is 0 Å². The summed E-state index contributed by atoms with van der Waals surface area (Å²) in [5, 5.41) is 0. The highest BCUT2D eigenvalue weighted by molar-refractivity contribution is 5.04. The van der Waals surface area contributed by atoms with E-state index in [1.807, 2.05) is 0 Å². The van der Waals surface area contributed by atoms with Crippen molar-refractivity contribution in [2.75, 3.05) is 0 Å². The lowest BCUT2D eigenvalue weighted by Crippen LogP contribution is -2.52. The molecular weight excluding hydrogens is 1590 g/mol. The zero-order valence-corrected chi connectivity index (χ0v) is 95.2. The third-order valence-electron chi connectivity index (χ3n) is 45.1. The van der Waals surface area contributed by atoms with Crippen molar-refractivity contribution in [1.82, 2.24) is 0 Å². The van der Waals surface area contributed by atoms with Crippen LogP contribution in [0.5, 0.6) is 0 Å². The summed E-state index contributed by atoms with van der Waals surface area (Å²) in [4.78, 5) is 0. The molecule has 772 valence electrons. The van der Waals surface area contributed by atoms with Crippen LogP contribution in [0.15, 0.2) is 0 Å². The molecule has 21 saturated carbocycles. The van der Waals surface area contributed by atoms with E-state index in [1.165, 1.54) is 109 Å². The minimum atomic E-state index is 0.694. The van der Waals surface area contributed by atoms with Crippen LogP contribution in [0.25, 0.3) is 0 Å². The van der Waals surface area contributed by atoms with Crippen LogP contribution in [0.3, 0.4) is 0 Å². The van der Waals surface area contributed by atoms with E-state index in [1.54, 1.807) is 270 Å². The highest BCUT2D eigenvalue weighted by Crippen LogP contribution is 2.63. The summed E-state index contributed by atoms with van der Waals surface area (Å²) in [7, 11) is 0. The minimum Gasteiger partial charge on any atom is -0.0651 e. The molecule has 21 fully saturated rings. The number of hydrogen-bond acceptors (Lipinski definition) is 0. The van der Waals surface area contributed by atoms with Gasteiger partial charge in [-0.2, -0.15) is 0 Å². The summed E-state index contributed by atoms with van der Waals surface area (Å²) in [5.74, 6) is 47.1. The van der Waals surface area contributed by atoms with Crippen LogP contribution in [-0.4, -0.2) is 0 Å². The van der Waals surface area contributed by atoms with Crippen molar-refractivity contribution in [3.63, 3.8) is 0 Å². The van der Waals surface area contributed by atoms with Gasteiger partial charge in [-0.3, -0.25) is 0 Å². The summed E-state index contributed by atoms with van der Waals surface area (Å²) in [6, 6.07) is 0. The van der Waals surface area contributed by atoms with Gasteiger partial charge in [0, 0.05) is 0 Å². The van der Waals surface area contributed by atoms with Gasteiger partial charge in [0.05, 0.1) is 0 Å². The molecule has 0 aliphatic heterocycles. The first-order valence-corrected chi connectivity index (χ1v) is 62.9. The molecule has 14 unspecified atom stereocenters. The van der Waals surface area contributed by atoms with Gasteiger partial charge in [0.25, 0.3) is 0 Å². The largest absolute Gasteiger partial charge is 0.0651 e. The summed E-state index contributed by atoms with van der Waals surface area (Å²) in [5.41, 5.74) is 0.694. The molecule has 0 saturated heterocycles. The Kier molecular flexibility index (Phi) is 47.1. The molecule has 21 aliphatic carbocycles. The van der Waals surface area contributed by atoms with E-state index in [0.29, 0.717) is 5.41 Å². The Morgan fingerprint density at radius 3 is 0.553 bits per heavy atom. The van der Waals surface area contributed by atoms with Crippen molar-refractivity contribution in [2.24, 2.45) is 272 Å². The SMILES string of the molecule is CC(C)C1C[C@H]2CCCC[C@@H](C1)C2.CC(C)C1C[C@H]2CCCC[C@@H](C1)C2.CC(C)C1C[C@H]2CCC[C@@H](C1)C2.CC(C)C1C[C@H]2CCC[C@@H](C1)C2.CC(C)CC[C@@H]1CC[C@H]2C[C@@H]1C2(C)C.CC1C[C@@H]2CC(C(C)C)C[C@H](C1)C2.CC1C[C@@H]2CC(C(C)C)C[C@H](C1)C2.CCC1C[C@@H]2CC(C(C)C)C[C@H](C1)C2.CCC1C[C@@H]2CC(C(C)C)C[C@H](C1)C2.CCC1C[C@@H]2CC(C(C)C)C[C@H](C1)C2. The van der Waals surface area contributed by atoms with E-state index in [0.717, 1.165) is 266 Å². The van der Waals surface area contributed by atoms with Gasteiger partial charge in [-0.1, -0.05) is 303 Å². The Bertz CT molecular complexity index is 2690. The van der Waals surface area contributed by atoms with Crippen LogP contribution in [0.1, 0.15) is 566 Å². The van der Waals surface area contributed by atoms with Gasteiger partial charge < -0.3 is 0 Å². The average Bonchev–Trinajstić information content (AvgIpc) is 0.757. The van der Waals surface area contributed by atoms with E-state index in [4.69, 9.17) is 0 Å². The first-order valence-electron chi connectivity index (χ1n) is 62.9. The molecule has 0 nitrogen and oxygen atoms in total. The predicted molar refractivity (Wildman–Crippen MR) is 585 cm³/mol. The fraction of sp³-hybridized carbons (Fsp3) is 1.00. The second-order valence-electron chi connectivity index (χ2n) is 59.5. The van der Waals surface area contributed by atoms with Gasteiger partial charge in [0.15, 0.2) is 0 Å². The smallest absolute Gasteiger partial charge is 0.0295 e. The topological polar surface area (TPSA) is 0 Å². The normalized spacial score (nSPS) is 42.3. The fourth-order valence-electron chi connectivity index (χ4n) is 36.8. The van der Waals surface area contributed by atoms with Crippen LogP contribution in [0.4, 0.5) is 0 Å². The van der Waals surface area contributed by atoms with Crippen molar-refractivity contribution in [3.8, 4) is 0 Å². The minimum absolute atomic E-state index is 0.694. The number of fused-ring (bicyclic) bond motifs is 20. The molecule has 0 aromatic carbocycles. The van der Waals surface area contributed by atoms with Gasteiger partial charge in [-0.05, 0) is 535 Å². The first-order chi connectivity index (χ1) is 62.9. The van der Waals surface area contributed by atoms with E-state index in [9.17, 15) is 0 Å². The zero-order chi connectivity index (χ0) is 95.2. The maximum atomic E-state index is 2.51. The van der Waals surface area contributed by atoms with Gasteiger partial charge in [-0.25, -0.2) is 0 Å². The van der Waals surface area contributed by atoms with Crippen LogP contribution in [-0.2, 0) is 0 Å². The van der Waals surface area contributed by atoms with Crippen LogP contribution in [0.2, 0.25) is 0 Å². The van der Waals surface area contributed by atoms with Crippen molar-refractivity contribution in [1.29, 1.82) is 0 Å². The van der Waals surface area contributed by atoms with Gasteiger partial charge in [0.1, 0.15) is 0 Å². The van der Waals surface area contributed by atoms with Crippen molar-refractivity contribution < 1.29 is 0 Å². The quantitative estimate of drug-likeness (QED) is 0.153. The lowest BCUT2D eigenvalue weighted by atomic mass is 9.45. The lowest BCUT2D eigenvalue weighted by Gasteiger charge is -2.60. The summed E-state index contributed by atoms with van der Waals surface area (Å²) < 4.78 is 0. The maximum absolute atomic E-state index is 2.51. The predicted octanol–water partition coefficient (Wildman–Crippen LogP) is 42.4. The third kappa shape index (κ3) is 35.7. The molecule has 0 radical (unpaired) electrons. The molecule has 0 spiro atoms. The Balaban J connectivity index is 0.000000141. The number of rotatable bonds is 15. The highest BCUT2D eigenvalue weighted by atomic mass is 14.6. The molecule has 0 N–H and O–H groups in total. The van der Waals surface area contributed by atoms with E-state index < -0.39 is 0 Å². The fourth-order valence-corrected chi connectivity index (χ4v) is 36.8. The van der Waals surface area contributed by atoms with E-state index in [2.05, 4.69) is 187 Å². The Morgan fingerprint density at radius 2 is 0.379 bits per heavy atom. The van der Waals surface area contributed by atoms with Crippen LogP contribution < -0.4 is 0 Å². The summed E-state index contributed by atoms with van der Waals surface area (Å²) in [6.45, 7) is 65.3. The standard InChI is InChI=1S/4C14H26.4C13H24.2C12H22/c1-10(2)5-6-11-7-8-12-9-13(11)14(12,3)4;3*1-4-11-5-12-7-13(6-11)9-14(8-12)10(2)3;2*1-9(2)13-7-11-4-10(3)5-12(6-11)8-13;2*1-10(2)13-8-11-5-3-4-6-12(7-11)9-13;2*1-9(2)12-7-10-4-3-5-11(6-10)8-12/h10-13H,5-9H2,1-4H3;3*10-14H,4-9H2,1-3H3;2*9-13H,4-8H2,1-3H3;2*10-13H,3-9H2,1-2H3;2*9-12H,3-8H2,1-2H3/t11-,12+,13+;3*11?,12-,13+,14?;2*10?,11-,12+,13?;2*11-,12+,13?;2*10-,11+,12?/m1........./s1. The second-order valence-corrected chi connectivity index (χ2v) is 59.5. The molecule has 21 aliphatic rings. The Labute approximate surface area is 831 Å². The van der Waals surface area contributed by atoms with Gasteiger partial charge in [0.2, 0.25) is 0 Å². The van der Waals surface area contributed by atoms with Crippen molar-refractivity contribution in [2.45, 2.75) is 566 Å². The van der Waals surface area contributed by atoms with Gasteiger partial charge >= 0.3 is 0 Å². The molecule has 132 heavy (non-hydrogen) atoms. The summed E-state index contributed by atoms with van der Waals surface area (Å²) >= 11 is 0. The van der Waals surface area contributed by atoms with Crippen molar-refractivity contribution >= 4 is 0 Å². The average molecular weight is 1830 g/mol. The first kappa shape index (κ1) is 112. The van der Waals surface area contributed by atoms with Crippen LogP contribution in [0, 0.1) is 272 Å². The Morgan fingerprint density at radius 1 is 0.197 bits per heavy atom. The molecule has 35 atom stereocenters.